The van der Waals surface area contributed by atoms with Crippen LogP contribution in [0.15, 0.2) is 47.6 Å². The quantitative estimate of drug-likeness (QED) is 0.768. The Bertz CT molecular complexity index is 535. The van der Waals surface area contributed by atoms with Gasteiger partial charge in [-0.15, -0.1) is 0 Å². The lowest BCUT2D eigenvalue weighted by atomic mass is 10.2. The first kappa shape index (κ1) is 12.3. The molecule has 0 aliphatic rings. The molecule has 92 valence electrons. The van der Waals surface area contributed by atoms with Crippen LogP contribution in [0.2, 0.25) is 0 Å². The van der Waals surface area contributed by atoms with Crippen LogP contribution in [0.4, 0.5) is 5.69 Å². The van der Waals surface area contributed by atoms with Gasteiger partial charge >= 0.3 is 0 Å². The fourth-order valence-electron chi connectivity index (χ4n) is 1.65. The van der Waals surface area contributed by atoms with E-state index < -0.39 is 0 Å². The standard InChI is InChI=1S/C15H16N2O/c1-12-6-7-14(15(11-12)18-2)17-10-8-13-5-3-4-9-16-13/h3-7,9-11H,8H2,1-2H3. The van der Waals surface area contributed by atoms with Crippen LogP contribution < -0.4 is 4.74 Å². The second kappa shape index (κ2) is 5.96. The first-order chi connectivity index (χ1) is 8.79. The van der Waals surface area contributed by atoms with Gasteiger partial charge in [-0.3, -0.25) is 9.98 Å². The number of methoxy groups -OCH3 is 1. The van der Waals surface area contributed by atoms with Gasteiger partial charge in [0.25, 0.3) is 0 Å². The molecule has 2 rings (SSSR count). The number of pyridine rings is 1. The van der Waals surface area contributed by atoms with Crippen molar-refractivity contribution in [3.8, 4) is 5.75 Å². The van der Waals surface area contributed by atoms with Gasteiger partial charge in [0.2, 0.25) is 0 Å². The molecule has 0 N–H and O–H groups in total. The molecule has 3 heteroatoms. The Hall–Kier alpha value is -2.16. The molecule has 1 aromatic heterocycles. The molecule has 0 bridgehead atoms. The average Bonchev–Trinajstić information content (AvgIpc) is 2.41. The zero-order chi connectivity index (χ0) is 12.8. The van der Waals surface area contributed by atoms with E-state index in [0.29, 0.717) is 0 Å². The van der Waals surface area contributed by atoms with Gasteiger partial charge in [-0.1, -0.05) is 12.1 Å². The molecule has 0 saturated heterocycles. The first-order valence-electron chi connectivity index (χ1n) is 5.86. The van der Waals surface area contributed by atoms with Crippen LogP contribution in [-0.4, -0.2) is 18.3 Å². The van der Waals surface area contributed by atoms with Crippen molar-refractivity contribution in [2.75, 3.05) is 7.11 Å². The van der Waals surface area contributed by atoms with Gasteiger partial charge in [0.15, 0.2) is 0 Å². The summed E-state index contributed by atoms with van der Waals surface area (Å²) in [7, 11) is 1.66. The molecule has 0 aliphatic heterocycles. The van der Waals surface area contributed by atoms with Gasteiger partial charge in [0, 0.05) is 24.5 Å². The third-order valence-electron chi connectivity index (χ3n) is 2.59. The molecule has 18 heavy (non-hydrogen) atoms. The minimum atomic E-state index is 0.720. The van der Waals surface area contributed by atoms with Crippen molar-refractivity contribution < 1.29 is 4.74 Å². The maximum absolute atomic E-state index is 5.30. The van der Waals surface area contributed by atoms with Gasteiger partial charge in [-0.2, -0.15) is 0 Å². The van der Waals surface area contributed by atoms with Crippen LogP contribution in [0.3, 0.4) is 0 Å². The Labute approximate surface area is 107 Å². The molecule has 0 spiro atoms. The van der Waals surface area contributed by atoms with Gasteiger partial charge < -0.3 is 4.74 Å². The molecule has 0 unspecified atom stereocenters. The highest BCUT2D eigenvalue weighted by molar-refractivity contribution is 5.68. The zero-order valence-electron chi connectivity index (χ0n) is 10.6. The smallest absolute Gasteiger partial charge is 0.144 e. The normalized spacial score (nSPS) is 10.8. The van der Waals surface area contributed by atoms with E-state index in [4.69, 9.17) is 4.74 Å². The average molecular weight is 240 g/mol. The highest BCUT2D eigenvalue weighted by atomic mass is 16.5. The highest BCUT2D eigenvalue weighted by Gasteiger charge is 2.00. The summed E-state index contributed by atoms with van der Waals surface area (Å²) in [6, 6.07) is 11.8. The number of nitrogens with zero attached hydrogens (tertiary/aromatic N) is 2. The van der Waals surface area contributed by atoms with Crippen LogP contribution in [-0.2, 0) is 6.42 Å². The summed E-state index contributed by atoms with van der Waals surface area (Å²) < 4.78 is 5.30. The summed E-state index contributed by atoms with van der Waals surface area (Å²) in [4.78, 5) is 8.67. The van der Waals surface area contributed by atoms with E-state index >= 15 is 0 Å². The Morgan fingerprint density at radius 1 is 1.28 bits per heavy atom. The van der Waals surface area contributed by atoms with Crippen molar-refractivity contribution >= 4 is 11.9 Å². The van der Waals surface area contributed by atoms with Crippen molar-refractivity contribution in [1.29, 1.82) is 0 Å². The topological polar surface area (TPSA) is 34.5 Å². The lowest BCUT2D eigenvalue weighted by Gasteiger charge is -2.04. The SMILES string of the molecule is COc1cc(C)ccc1N=CCc1ccccn1. The highest BCUT2D eigenvalue weighted by Crippen LogP contribution is 2.27. The largest absolute Gasteiger partial charge is 0.494 e. The van der Waals surface area contributed by atoms with E-state index in [0.717, 1.165) is 29.1 Å². The fraction of sp³-hybridized carbons (Fsp3) is 0.200. The Kier molecular flexibility index (Phi) is 4.07. The Balaban J connectivity index is 2.09. The van der Waals surface area contributed by atoms with E-state index in [9.17, 15) is 0 Å². The molecule has 0 amide bonds. The van der Waals surface area contributed by atoms with Gasteiger partial charge in [0.1, 0.15) is 11.4 Å². The number of aryl methyl sites for hydroxylation is 1. The molecule has 0 saturated carbocycles. The predicted molar refractivity (Wildman–Crippen MR) is 73.8 cm³/mol. The molecule has 1 aromatic carbocycles. The number of rotatable bonds is 4. The summed E-state index contributed by atoms with van der Waals surface area (Å²) in [6.07, 6.45) is 4.36. The molecular weight excluding hydrogens is 224 g/mol. The molecule has 2 aromatic rings. The Morgan fingerprint density at radius 2 is 2.17 bits per heavy atom. The molecule has 1 heterocycles. The summed E-state index contributed by atoms with van der Waals surface area (Å²) in [5.74, 6) is 0.798. The molecule has 0 atom stereocenters. The second-order valence-corrected chi connectivity index (χ2v) is 4.01. The third kappa shape index (κ3) is 3.17. The number of aromatic nitrogens is 1. The predicted octanol–water partition coefficient (Wildman–Crippen LogP) is 3.34. The molecular formula is C15H16N2O. The lowest BCUT2D eigenvalue weighted by Crippen LogP contribution is -1.90. The van der Waals surface area contributed by atoms with Crippen LogP contribution in [0.5, 0.6) is 5.75 Å². The third-order valence-corrected chi connectivity index (χ3v) is 2.59. The van der Waals surface area contributed by atoms with Crippen molar-refractivity contribution in [3.05, 3.63) is 53.9 Å². The van der Waals surface area contributed by atoms with Crippen molar-refractivity contribution in [3.63, 3.8) is 0 Å². The molecule has 3 nitrogen and oxygen atoms in total. The molecule has 0 fully saturated rings. The minimum Gasteiger partial charge on any atom is -0.494 e. The maximum atomic E-state index is 5.30. The van der Waals surface area contributed by atoms with E-state index in [-0.39, 0.29) is 0 Å². The van der Waals surface area contributed by atoms with Gasteiger partial charge in [0.05, 0.1) is 7.11 Å². The number of hydrogen-bond donors (Lipinski definition) is 0. The summed E-state index contributed by atoms with van der Waals surface area (Å²) in [5.41, 5.74) is 3.02. The van der Waals surface area contributed by atoms with Crippen molar-refractivity contribution in [2.24, 2.45) is 4.99 Å². The van der Waals surface area contributed by atoms with Gasteiger partial charge in [-0.25, -0.2) is 0 Å². The molecule has 0 radical (unpaired) electrons. The van der Waals surface area contributed by atoms with Crippen molar-refractivity contribution in [1.82, 2.24) is 4.98 Å². The minimum absolute atomic E-state index is 0.720. The monoisotopic (exact) mass is 240 g/mol. The van der Waals surface area contributed by atoms with Gasteiger partial charge in [-0.05, 0) is 36.8 Å². The summed E-state index contributed by atoms with van der Waals surface area (Å²) in [6.45, 7) is 2.03. The van der Waals surface area contributed by atoms with Crippen molar-refractivity contribution in [2.45, 2.75) is 13.3 Å². The summed E-state index contributed by atoms with van der Waals surface area (Å²) in [5, 5.41) is 0. The molecule has 0 aliphatic carbocycles. The zero-order valence-corrected chi connectivity index (χ0v) is 10.6. The number of aliphatic imine (C=N–C) groups is 1. The van der Waals surface area contributed by atoms with Crippen LogP contribution in [0.1, 0.15) is 11.3 Å². The first-order valence-corrected chi connectivity index (χ1v) is 5.86. The van der Waals surface area contributed by atoms with E-state index in [1.165, 1.54) is 0 Å². The fourth-order valence-corrected chi connectivity index (χ4v) is 1.65. The Morgan fingerprint density at radius 3 is 2.89 bits per heavy atom. The van der Waals surface area contributed by atoms with Crippen LogP contribution in [0, 0.1) is 6.92 Å². The van der Waals surface area contributed by atoms with E-state index in [2.05, 4.69) is 9.98 Å². The number of ether oxygens (including phenoxy) is 1. The van der Waals surface area contributed by atoms with E-state index in [1.807, 2.05) is 49.5 Å². The van der Waals surface area contributed by atoms with Crippen LogP contribution >= 0.6 is 0 Å². The number of benzene rings is 1. The van der Waals surface area contributed by atoms with Crippen LogP contribution in [0.25, 0.3) is 0 Å². The van der Waals surface area contributed by atoms with E-state index in [1.54, 1.807) is 13.3 Å². The summed E-state index contributed by atoms with van der Waals surface area (Å²) >= 11 is 0. The lowest BCUT2D eigenvalue weighted by molar-refractivity contribution is 0.416. The second-order valence-electron chi connectivity index (χ2n) is 4.01. The maximum Gasteiger partial charge on any atom is 0.144 e. The number of hydrogen-bond acceptors (Lipinski definition) is 3.